The molecule has 0 aromatic carbocycles. The molecule has 0 bridgehead atoms. The van der Waals surface area contributed by atoms with Gasteiger partial charge in [0.2, 0.25) is 5.91 Å². The van der Waals surface area contributed by atoms with Crippen LogP contribution in [0.2, 0.25) is 0 Å². The fraction of sp³-hybridized carbons (Fsp3) is 0.333. The van der Waals surface area contributed by atoms with Crippen molar-refractivity contribution in [3.05, 3.63) is 46.2 Å². The third-order valence-electron chi connectivity index (χ3n) is 2.98. The second-order valence-electron chi connectivity index (χ2n) is 4.29. The molecule has 2 aromatic heterocycles. The largest absolute Gasteiger partial charge is 0.467 e. The van der Waals surface area contributed by atoms with E-state index in [1.165, 1.54) is 10.9 Å². The third-order valence-corrected chi connectivity index (χ3v) is 2.98. The number of nitrogens with one attached hydrogen (secondary N) is 1. The van der Waals surface area contributed by atoms with E-state index in [-0.39, 0.29) is 18.1 Å². The van der Waals surface area contributed by atoms with Gasteiger partial charge < -0.3 is 9.73 Å². The van der Waals surface area contributed by atoms with Gasteiger partial charge in [0, 0.05) is 0 Å². The summed E-state index contributed by atoms with van der Waals surface area (Å²) < 4.78 is 6.43. The molecule has 0 aliphatic rings. The first kappa shape index (κ1) is 13.8. The highest BCUT2D eigenvalue weighted by Crippen LogP contribution is 2.19. The fourth-order valence-electron chi connectivity index (χ4n) is 1.83. The van der Waals surface area contributed by atoms with Crippen LogP contribution in [0.15, 0.2) is 29.0 Å². The van der Waals surface area contributed by atoms with Crippen LogP contribution in [0, 0.1) is 17.0 Å². The lowest BCUT2D eigenvalue weighted by Gasteiger charge is -2.13. The van der Waals surface area contributed by atoms with Crippen LogP contribution in [0.3, 0.4) is 0 Å². The quantitative estimate of drug-likeness (QED) is 0.660. The van der Waals surface area contributed by atoms with Gasteiger partial charge in [-0.05, 0) is 26.0 Å². The fourth-order valence-corrected chi connectivity index (χ4v) is 1.83. The molecule has 0 radical (unpaired) electrons. The average Bonchev–Trinajstić information content (AvgIpc) is 3.04. The minimum absolute atomic E-state index is 0.101. The van der Waals surface area contributed by atoms with Gasteiger partial charge in [0.25, 0.3) is 0 Å². The maximum absolute atomic E-state index is 12.0. The van der Waals surface area contributed by atoms with Gasteiger partial charge in [0.05, 0.1) is 17.7 Å². The number of hydrogen-bond donors (Lipinski definition) is 1. The van der Waals surface area contributed by atoms with Crippen molar-refractivity contribution in [3.63, 3.8) is 0 Å². The summed E-state index contributed by atoms with van der Waals surface area (Å²) in [7, 11) is 0. The summed E-state index contributed by atoms with van der Waals surface area (Å²) in [6.07, 6.45) is 2.66. The smallest absolute Gasteiger partial charge is 0.309 e. The summed E-state index contributed by atoms with van der Waals surface area (Å²) in [5.41, 5.74) is 0.242. The van der Waals surface area contributed by atoms with E-state index in [9.17, 15) is 14.9 Å². The van der Waals surface area contributed by atoms with Gasteiger partial charge in [0.1, 0.15) is 23.7 Å². The second-order valence-corrected chi connectivity index (χ2v) is 4.29. The van der Waals surface area contributed by atoms with E-state index in [2.05, 4.69) is 10.4 Å². The molecule has 20 heavy (non-hydrogen) atoms. The van der Waals surface area contributed by atoms with Crippen molar-refractivity contribution < 1.29 is 14.1 Å². The van der Waals surface area contributed by atoms with Gasteiger partial charge in [-0.25, -0.2) is 0 Å². The summed E-state index contributed by atoms with van der Waals surface area (Å²) in [4.78, 5) is 22.2. The highest BCUT2D eigenvalue weighted by Gasteiger charge is 2.23. The number of nitrogens with zero attached hydrogens (tertiary/aromatic N) is 3. The molecule has 8 nitrogen and oxygen atoms in total. The Labute approximate surface area is 114 Å². The molecule has 2 heterocycles. The minimum Gasteiger partial charge on any atom is -0.467 e. The molecule has 0 saturated heterocycles. The molecular weight excluding hydrogens is 264 g/mol. The van der Waals surface area contributed by atoms with E-state index in [0.29, 0.717) is 11.5 Å². The molecule has 2 aromatic rings. The van der Waals surface area contributed by atoms with Gasteiger partial charge in [-0.1, -0.05) is 0 Å². The van der Waals surface area contributed by atoms with E-state index < -0.39 is 11.0 Å². The SMILES string of the molecule is Cc1c([N+](=O)[O-])cnn1C(C)C(=O)NCc1ccco1. The molecule has 106 valence electrons. The number of aromatic nitrogens is 2. The van der Waals surface area contributed by atoms with Gasteiger partial charge in [-0.3, -0.25) is 19.6 Å². The van der Waals surface area contributed by atoms with Crippen LogP contribution < -0.4 is 5.32 Å². The zero-order valence-electron chi connectivity index (χ0n) is 11.1. The Morgan fingerprint density at radius 3 is 2.95 bits per heavy atom. The predicted octanol–water partition coefficient (Wildman–Crippen LogP) is 1.57. The summed E-state index contributed by atoms with van der Waals surface area (Å²) in [6.45, 7) is 3.45. The van der Waals surface area contributed by atoms with Crippen molar-refractivity contribution in [1.82, 2.24) is 15.1 Å². The van der Waals surface area contributed by atoms with Gasteiger partial charge >= 0.3 is 5.69 Å². The van der Waals surface area contributed by atoms with Crippen LogP contribution >= 0.6 is 0 Å². The van der Waals surface area contributed by atoms with Crippen LogP contribution in [-0.4, -0.2) is 20.6 Å². The van der Waals surface area contributed by atoms with Crippen molar-refractivity contribution in [2.75, 3.05) is 0 Å². The second kappa shape index (κ2) is 5.55. The Morgan fingerprint density at radius 2 is 2.40 bits per heavy atom. The van der Waals surface area contributed by atoms with Gasteiger partial charge in [0.15, 0.2) is 0 Å². The molecule has 2 rings (SSSR count). The zero-order chi connectivity index (χ0) is 14.7. The first-order valence-corrected chi connectivity index (χ1v) is 5.99. The van der Waals surface area contributed by atoms with Crippen LogP contribution in [0.25, 0.3) is 0 Å². The number of amides is 1. The highest BCUT2D eigenvalue weighted by molar-refractivity contribution is 5.79. The molecule has 1 N–H and O–H groups in total. The summed E-state index contributed by atoms with van der Waals surface area (Å²) in [5, 5.41) is 17.3. The molecule has 8 heteroatoms. The van der Waals surface area contributed by atoms with Gasteiger partial charge in [-0.2, -0.15) is 5.10 Å². The number of rotatable bonds is 5. The Hall–Kier alpha value is -2.64. The Kier molecular flexibility index (Phi) is 3.83. The number of carbonyl (C=O) groups excluding carboxylic acids is 1. The molecule has 0 aliphatic carbocycles. The topological polar surface area (TPSA) is 103 Å². The minimum atomic E-state index is -0.640. The number of hydrogen-bond acceptors (Lipinski definition) is 5. The van der Waals surface area contributed by atoms with E-state index in [1.54, 1.807) is 26.0 Å². The van der Waals surface area contributed by atoms with E-state index in [4.69, 9.17) is 4.42 Å². The van der Waals surface area contributed by atoms with Crippen molar-refractivity contribution in [3.8, 4) is 0 Å². The van der Waals surface area contributed by atoms with Crippen LogP contribution in [-0.2, 0) is 11.3 Å². The third kappa shape index (κ3) is 2.68. The van der Waals surface area contributed by atoms with Crippen LogP contribution in [0.5, 0.6) is 0 Å². The lowest BCUT2D eigenvalue weighted by Crippen LogP contribution is -2.31. The number of furan rings is 1. The molecule has 0 spiro atoms. The first-order valence-electron chi connectivity index (χ1n) is 5.99. The number of carbonyl (C=O) groups is 1. The van der Waals surface area contributed by atoms with Crippen molar-refractivity contribution in [2.24, 2.45) is 0 Å². The molecule has 1 unspecified atom stereocenters. The first-order chi connectivity index (χ1) is 9.50. The van der Waals surface area contributed by atoms with Gasteiger partial charge in [-0.15, -0.1) is 0 Å². The zero-order valence-corrected chi connectivity index (χ0v) is 11.1. The molecule has 0 saturated carbocycles. The summed E-state index contributed by atoms with van der Waals surface area (Å²) >= 11 is 0. The maximum Gasteiger partial charge on any atom is 0.309 e. The maximum atomic E-state index is 12.0. The molecular formula is C12H14N4O4. The average molecular weight is 278 g/mol. The Bertz CT molecular complexity index is 617. The van der Waals surface area contributed by atoms with E-state index >= 15 is 0 Å². The molecule has 0 fully saturated rings. The lowest BCUT2D eigenvalue weighted by atomic mass is 10.3. The molecule has 1 atom stereocenters. The van der Waals surface area contributed by atoms with Crippen molar-refractivity contribution >= 4 is 11.6 Å². The van der Waals surface area contributed by atoms with Crippen LogP contribution in [0.1, 0.15) is 24.4 Å². The molecule has 0 aliphatic heterocycles. The van der Waals surface area contributed by atoms with E-state index in [1.807, 2.05) is 0 Å². The monoisotopic (exact) mass is 278 g/mol. The number of nitro groups is 1. The summed E-state index contributed by atoms with van der Waals surface area (Å²) in [5.74, 6) is 0.344. The highest BCUT2D eigenvalue weighted by atomic mass is 16.6. The van der Waals surface area contributed by atoms with E-state index in [0.717, 1.165) is 6.20 Å². The van der Waals surface area contributed by atoms with Crippen molar-refractivity contribution in [2.45, 2.75) is 26.4 Å². The molecule has 1 amide bonds. The lowest BCUT2D eigenvalue weighted by molar-refractivity contribution is -0.385. The Balaban J connectivity index is 2.05. The predicted molar refractivity (Wildman–Crippen MR) is 68.9 cm³/mol. The normalized spacial score (nSPS) is 12.1. The van der Waals surface area contributed by atoms with Crippen molar-refractivity contribution in [1.29, 1.82) is 0 Å². The van der Waals surface area contributed by atoms with Crippen LogP contribution in [0.4, 0.5) is 5.69 Å². The summed E-state index contributed by atoms with van der Waals surface area (Å²) in [6, 6.07) is 2.83. The standard InChI is InChI=1S/C12H14N4O4/c1-8-11(16(18)19)7-14-15(8)9(2)12(17)13-6-10-4-3-5-20-10/h3-5,7,9H,6H2,1-2H3,(H,13,17). The Morgan fingerprint density at radius 1 is 1.65 bits per heavy atom.